The molecule has 23 heavy (non-hydrogen) atoms. The predicted octanol–water partition coefficient (Wildman–Crippen LogP) is 3.12. The number of halogens is 1. The Morgan fingerprint density at radius 3 is 2.52 bits per heavy atom. The van der Waals surface area contributed by atoms with Crippen molar-refractivity contribution < 1.29 is 17.9 Å². The molecule has 0 aliphatic carbocycles. The average molecular weight is 400 g/mol. The van der Waals surface area contributed by atoms with Crippen LogP contribution >= 0.6 is 15.9 Å². The zero-order valence-electron chi connectivity index (χ0n) is 12.8. The molecule has 7 heteroatoms. The topological polar surface area (TPSA) is 64.6 Å². The summed E-state index contributed by atoms with van der Waals surface area (Å²) in [5.41, 5.74) is 0.835. The van der Waals surface area contributed by atoms with Crippen LogP contribution in [0.2, 0.25) is 0 Å². The number of benzene rings is 2. The fraction of sp³-hybridized carbons (Fsp3) is 0.250. The molecule has 0 amide bonds. The van der Waals surface area contributed by atoms with E-state index in [1.807, 2.05) is 24.3 Å². The van der Waals surface area contributed by atoms with Crippen LogP contribution in [0.5, 0.6) is 5.75 Å². The third kappa shape index (κ3) is 4.54. The van der Waals surface area contributed by atoms with Gasteiger partial charge in [0.2, 0.25) is 10.0 Å². The van der Waals surface area contributed by atoms with Crippen molar-refractivity contribution in [3.8, 4) is 5.75 Å². The predicted molar refractivity (Wildman–Crippen MR) is 92.1 cm³/mol. The highest BCUT2D eigenvalue weighted by molar-refractivity contribution is 9.10. The van der Waals surface area contributed by atoms with Crippen molar-refractivity contribution in [1.82, 2.24) is 4.72 Å². The van der Waals surface area contributed by atoms with E-state index in [0.717, 1.165) is 5.56 Å². The lowest BCUT2D eigenvalue weighted by Gasteiger charge is -2.17. The lowest BCUT2D eigenvalue weighted by Crippen LogP contribution is -2.29. The lowest BCUT2D eigenvalue weighted by atomic mass is 10.1. The first-order valence-electron chi connectivity index (χ1n) is 6.89. The zero-order valence-corrected chi connectivity index (χ0v) is 15.2. The van der Waals surface area contributed by atoms with E-state index < -0.39 is 16.1 Å². The van der Waals surface area contributed by atoms with Gasteiger partial charge in [-0.3, -0.25) is 0 Å². The van der Waals surface area contributed by atoms with Crippen LogP contribution in [0.3, 0.4) is 0 Å². The molecule has 0 radical (unpaired) electrons. The normalized spacial score (nSPS) is 12.8. The number of sulfonamides is 1. The van der Waals surface area contributed by atoms with Crippen LogP contribution in [0, 0.1) is 0 Å². The van der Waals surface area contributed by atoms with Crippen molar-refractivity contribution in [1.29, 1.82) is 0 Å². The smallest absolute Gasteiger partial charge is 0.241 e. The summed E-state index contributed by atoms with van der Waals surface area (Å²) in [7, 11) is -0.509. The third-order valence-corrected chi connectivity index (χ3v) is 5.77. The second-order valence-corrected chi connectivity index (χ2v) is 7.37. The van der Waals surface area contributed by atoms with Crippen molar-refractivity contribution in [3.63, 3.8) is 0 Å². The Balaban J connectivity index is 2.15. The van der Waals surface area contributed by atoms with Gasteiger partial charge in [0, 0.05) is 18.1 Å². The van der Waals surface area contributed by atoms with Gasteiger partial charge in [-0.05, 0) is 45.8 Å². The quantitative estimate of drug-likeness (QED) is 0.776. The van der Waals surface area contributed by atoms with Gasteiger partial charge < -0.3 is 9.47 Å². The van der Waals surface area contributed by atoms with Crippen LogP contribution < -0.4 is 9.46 Å². The van der Waals surface area contributed by atoms with E-state index in [1.54, 1.807) is 31.4 Å². The molecule has 0 saturated carbocycles. The highest BCUT2D eigenvalue weighted by Crippen LogP contribution is 2.23. The van der Waals surface area contributed by atoms with E-state index in [9.17, 15) is 8.42 Å². The molecule has 1 unspecified atom stereocenters. The van der Waals surface area contributed by atoms with Gasteiger partial charge in [-0.15, -0.1) is 0 Å². The van der Waals surface area contributed by atoms with Crippen LogP contribution in [0.1, 0.15) is 11.7 Å². The molecule has 1 N–H and O–H groups in total. The van der Waals surface area contributed by atoms with Gasteiger partial charge in [0.05, 0.1) is 18.1 Å². The first-order valence-corrected chi connectivity index (χ1v) is 9.16. The number of rotatable bonds is 7. The number of ether oxygens (including phenoxy) is 2. The molecular weight excluding hydrogens is 382 g/mol. The van der Waals surface area contributed by atoms with Crippen LogP contribution in [-0.2, 0) is 14.8 Å². The summed E-state index contributed by atoms with van der Waals surface area (Å²) in [5, 5.41) is 0. The monoisotopic (exact) mass is 399 g/mol. The maximum Gasteiger partial charge on any atom is 0.241 e. The van der Waals surface area contributed by atoms with Crippen molar-refractivity contribution >= 4 is 26.0 Å². The van der Waals surface area contributed by atoms with Crippen molar-refractivity contribution in [2.24, 2.45) is 0 Å². The molecule has 0 aliphatic heterocycles. The standard InChI is InChI=1S/C16H18BrNO4S/c1-21-13-7-5-6-12(10-13)15(22-2)11-18-23(19,20)16-9-4-3-8-14(16)17/h3-10,15,18H,11H2,1-2H3. The minimum atomic E-state index is -3.63. The highest BCUT2D eigenvalue weighted by atomic mass is 79.9. The van der Waals surface area contributed by atoms with Gasteiger partial charge in [-0.25, -0.2) is 13.1 Å². The summed E-state index contributed by atoms with van der Waals surface area (Å²) in [5.74, 6) is 0.693. The molecule has 0 aromatic heterocycles. The van der Waals surface area contributed by atoms with Gasteiger partial charge in [0.1, 0.15) is 5.75 Å². The fourth-order valence-electron chi connectivity index (χ4n) is 2.10. The van der Waals surface area contributed by atoms with Gasteiger partial charge in [-0.1, -0.05) is 24.3 Å². The van der Waals surface area contributed by atoms with Gasteiger partial charge in [0.15, 0.2) is 0 Å². The second-order valence-electron chi connectivity index (χ2n) is 4.78. The van der Waals surface area contributed by atoms with E-state index in [2.05, 4.69) is 20.7 Å². The van der Waals surface area contributed by atoms with Gasteiger partial charge >= 0.3 is 0 Å². The summed E-state index contributed by atoms with van der Waals surface area (Å²) in [4.78, 5) is 0.195. The van der Waals surface area contributed by atoms with E-state index in [0.29, 0.717) is 10.2 Å². The van der Waals surface area contributed by atoms with Gasteiger partial charge in [-0.2, -0.15) is 0 Å². The Morgan fingerprint density at radius 2 is 1.87 bits per heavy atom. The molecular formula is C16H18BrNO4S. The maximum absolute atomic E-state index is 12.4. The summed E-state index contributed by atoms with van der Waals surface area (Å²) in [6, 6.07) is 14.0. The van der Waals surface area contributed by atoms with Crippen LogP contribution in [-0.4, -0.2) is 29.2 Å². The highest BCUT2D eigenvalue weighted by Gasteiger charge is 2.20. The Morgan fingerprint density at radius 1 is 1.13 bits per heavy atom. The Labute approximate surface area is 144 Å². The number of methoxy groups -OCH3 is 2. The summed E-state index contributed by atoms with van der Waals surface area (Å²) >= 11 is 3.25. The van der Waals surface area contributed by atoms with Crippen molar-refractivity contribution in [2.45, 2.75) is 11.0 Å². The Bertz CT molecular complexity index is 764. The second kappa shape index (κ2) is 7.92. The van der Waals surface area contributed by atoms with Crippen molar-refractivity contribution in [2.75, 3.05) is 20.8 Å². The molecule has 0 saturated heterocycles. The lowest BCUT2D eigenvalue weighted by molar-refractivity contribution is 0.107. The molecule has 124 valence electrons. The van der Waals surface area contributed by atoms with Crippen LogP contribution in [0.4, 0.5) is 0 Å². The molecule has 0 bridgehead atoms. The van der Waals surface area contributed by atoms with E-state index in [4.69, 9.17) is 9.47 Å². The first kappa shape index (κ1) is 17.9. The number of hydrogen-bond acceptors (Lipinski definition) is 4. The number of hydrogen-bond donors (Lipinski definition) is 1. The first-order chi connectivity index (χ1) is 11.0. The molecule has 2 rings (SSSR count). The van der Waals surface area contributed by atoms with E-state index >= 15 is 0 Å². The number of nitrogens with one attached hydrogen (secondary N) is 1. The largest absolute Gasteiger partial charge is 0.497 e. The SMILES string of the molecule is COc1cccc(C(CNS(=O)(=O)c2ccccc2Br)OC)c1. The fourth-order valence-corrected chi connectivity index (χ4v) is 4.14. The molecule has 0 spiro atoms. The van der Waals surface area contributed by atoms with Crippen molar-refractivity contribution in [3.05, 3.63) is 58.6 Å². The Kier molecular flexibility index (Phi) is 6.17. The summed E-state index contributed by atoms with van der Waals surface area (Å²) in [6.07, 6.45) is -0.414. The van der Waals surface area contributed by atoms with Gasteiger partial charge in [0.25, 0.3) is 0 Å². The molecule has 5 nitrogen and oxygen atoms in total. The van der Waals surface area contributed by atoms with E-state index in [1.165, 1.54) is 7.11 Å². The molecule has 1 atom stereocenters. The maximum atomic E-state index is 12.4. The molecule has 2 aromatic rings. The minimum absolute atomic E-state index is 0.118. The van der Waals surface area contributed by atoms with Crippen LogP contribution in [0.25, 0.3) is 0 Å². The van der Waals surface area contributed by atoms with E-state index in [-0.39, 0.29) is 11.4 Å². The molecule has 0 aliphatic rings. The molecule has 2 aromatic carbocycles. The summed E-state index contributed by atoms with van der Waals surface area (Å²) in [6.45, 7) is 0.118. The molecule has 0 heterocycles. The van der Waals surface area contributed by atoms with Crippen LogP contribution in [0.15, 0.2) is 57.9 Å². The Hall–Kier alpha value is -1.41. The molecule has 0 fully saturated rings. The third-order valence-electron chi connectivity index (χ3n) is 3.34. The average Bonchev–Trinajstić information content (AvgIpc) is 2.56. The summed E-state index contributed by atoms with van der Waals surface area (Å²) < 4.78 is 38.5. The minimum Gasteiger partial charge on any atom is -0.497 e. The zero-order chi connectivity index (χ0) is 16.9.